The van der Waals surface area contributed by atoms with Gasteiger partial charge in [-0.05, 0) is 49.8 Å². The van der Waals surface area contributed by atoms with E-state index in [0.29, 0.717) is 18.5 Å². The molecule has 0 spiro atoms. The average molecular weight is 356 g/mol. The van der Waals surface area contributed by atoms with Crippen molar-refractivity contribution in [3.8, 4) is 0 Å². The summed E-state index contributed by atoms with van der Waals surface area (Å²) >= 11 is 0. The Morgan fingerprint density at radius 3 is 2.69 bits per heavy atom. The van der Waals surface area contributed by atoms with Crippen LogP contribution in [0.15, 0.2) is 24.5 Å². The van der Waals surface area contributed by atoms with Crippen LogP contribution in [-0.4, -0.2) is 65.0 Å². The first-order chi connectivity index (χ1) is 12.8. The van der Waals surface area contributed by atoms with Gasteiger partial charge in [0.25, 0.3) is 0 Å². The van der Waals surface area contributed by atoms with E-state index in [9.17, 15) is 5.11 Å². The van der Waals surface area contributed by atoms with Gasteiger partial charge in [0.1, 0.15) is 12.1 Å². The SMILES string of the molecule is OCCc1ccc2ncnc(NC3CCC(N4CCOCC4)CC3)c2c1. The quantitative estimate of drug-likeness (QED) is 0.856. The van der Waals surface area contributed by atoms with Gasteiger partial charge in [0.2, 0.25) is 0 Å². The number of nitrogens with zero attached hydrogens (tertiary/aromatic N) is 3. The van der Waals surface area contributed by atoms with E-state index in [1.54, 1.807) is 6.33 Å². The van der Waals surface area contributed by atoms with Gasteiger partial charge in [-0.25, -0.2) is 9.97 Å². The molecule has 2 N–H and O–H groups in total. The normalized spacial score (nSPS) is 24.7. The van der Waals surface area contributed by atoms with E-state index < -0.39 is 0 Å². The fourth-order valence-corrected chi connectivity index (χ4v) is 4.22. The molecule has 1 aliphatic carbocycles. The Morgan fingerprint density at radius 2 is 1.92 bits per heavy atom. The molecule has 0 atom stereocenters. The average Bonchev–Trinajstić information content (AvgIpc) is 2.70. The molecule has 4 rings (SSSR count). The van der Waals surface area contributed by atoms with Crippen LogP contribution in [0.2, 0.25) is 0 Å². The topological polar surface area (TPSA) is 70.5 Å². The predicted octanol–water partition coefficient (Wildman–Crippen LogP) is 2.22. The number of ether oxygens (including phenoxy) is 1. The van der Waals surface area contributed by atoms with E-state index in [0.717, 1.165) is 48.6 Å². The van der Waals surface area contributed by atoms with Crippen molar-refractivity contribution in [1.29, 1.82) is 0 Å². The van der Waals surface area contributed by atoms with Crippen LogP contribution in [0.25, 0.3) is 10.9 Å². The second kappa shape index (κ2) is 8.29. The van der Waals surface area contributed by atoms with Crippen LogP contribution < -0.4 is 5.32 Å². The van der Waals surface area contributed by atoms with Crippen LogP contribution in [0.5, 0.6) is 0 Å². The minimum atomic E-state index is 0.160. The van der Waals surface area contributed by atoms with E-state index in [1.807, 2.05) is 12.1 Å². The third-order valence-corrected chi connectivity index (χ3v) is 5.70. The maximum atomic E-state index is 9.20. The van der Waals surface area contributed by atoms with Gasteiger partial charge >= 0.3 is 0 Å². The maximum absolute atomic E-state index is 9.20. The van der Waals surface area contributed by atoms with Crippen LogP contribution in [0.4, 0.5) is 5.82 Å². The molecule has 6 nitrogen and oxygen atoms in total. The molecule has 6 heteroatoms. The summed E-state index contributed by atoms with van der Waals surface area (Å²) in [6.45, 7) is 4.07. The zero-order chi connectivity index (χ0) is 17.8. The molecule has 0 bridgehead atoms. The molecule has 2 aromatic rings. The summed E-state index contributed by atoms with van der Waals surface area (Å²) in [6, 6.07) is 7.32. The molecule has 0 radical (unpaired) electrons. The van der Waals surface area contributed by atoms with Crippen LogP contribution >= 0.6 is 0 Å². The second-order valence-electron chi connectivity index (χ2n) is 7.35. The van der Waals surface area contributed by atoms with Crippen molar-refractivity contribution < 1.29 is 9.84 Å². The maximum Gasteiger partial charge on any atom is 0.137 e. The molecule has 26 heavy (non-hydrogen) atoms. The van der Waals surface area contributed by atoms with Crippen molar-refractivity contribution in [2.75, 3.05) is 38.2 Å². The third kappa shape index (κ3) is 3.98. The van der Waals surface area contributed by atoms with Crippen molar-refractivity contribution in [3.63, 3.8) is 0 Å². The molecule has 0 amide bonds. The zero-order valence-electron chi connectivity index (χ0n) is 15.2. The lowest BCUT2D eigenvalue weighted by atomic mass is 9.90. The van der Waals surface area contributed by atoms with Gasteiger partial charge in [0.15, 0.2) is 0 Å². The number of benzene rings is 1. The number of aromatic nitrogens is 2. The van der Waals surface area contributed by atoms with E-state index in [-0.39, 0.29) is 6.61 Å². The summed E-state index contributed by atoms with van der Waals surface area (Å²) in [5.74, 6) is 0.921. The summed E-state index contributed by atoms with van der Waals surface area (Å²) in [5, 5.41) is 13.9. The Bertz CT molecular complexity index is 725. The van der Waals surface area contributed by atoms with Crippen molar-refractivity contribution in [3.05, 3.63) is 30.1 Å². The number of hydrogen-bond donors (Lipinski definition) is 2. The van der Waals surface area contributed by atoms with E-state index in [4.69, 9.17) is 4.74 Å². The molecular weight excluding hydrogens is 328 g/mol. The van der Waals surface area contributed by atoms with Gasteiger partial charge in [0, 0.05) is 37.2 Å². The molecule has 0 unspecified atom stereocenters. The van der Waals surface area contributed by atoms with E-state index in [2.05, 4.69) is 26.3 Å². The van der Waals surface area contributed by atoms with Crippen LogP contribution in [0, 0.1) is 0 Å². The summed E-state index contributed by atoms with van der Waals surface area (Å²) in [5.41, 5.74) is 2.07. The summed E-state index contributed by atoms with van der Waals surface area (Å²) in [6.07, 6.45) is 7.10. The fourth-order valence-electron chi connectivity index (χ4n) is 4.22. The highest BCUT2D eigenvalue weighted by Gasteiger charge is 2.27. The smallest absolute Gasteiger partial charge is 0.137 e. The Kier molecular flexibility index (Phi) is 5.62. The molecule has 1 saturated carbocycles. The standard InChI is InChI=1S/C20H28N4O2/c25-10-7-15-1-6-19-18(13-15)20(22-14-21-19)23-16-2-4-17(5-3-16)24-8-11-26-12-9-24/h1,6,13-14,16-17,25H,2-5,7-12H2,(H,21,22,23). The fraction of sp³-hybridized carbons (Fsp3) is 0.600. The number of morpholine rings is 1. The molecule has 2 fully saturated rings. The minimum absolute atomic E-state index is 0.160. The number of hydrogen-bond acceptors (Lipinski definition) is 6. The molecule has 2 heterocycles. The number of fused-ring (bicyclic) bond motifs is 1. The van der Waals surface area contributed by atoms with Crippen molar-refractivity contribution in [2.24, 2.45) is 0 Å². The molecule has 1 aromatic carbocycles. The van der Waals surface area contributed by atoms with E-state index in [1.165, 1.54) is 25.7 Å². The first-order valence-electron chi connectivity index (χ1n) is 9.76. The zero-order valence-corrected chi connectivity index (χ0v) is 15.2. The number of aliphatic hydroxyl groups is 1. The lowest BCUT2D eigenvalue weighted by Gasteiger charge is -2.39. The van der Waals surface area contributed by atoms with Gasteiger partial charge in [-0.1, -0.05) is 6.07 Å². The van der Waals surface area contributed by atoms with Crippen molar-refractivity contribution in [2.45, 2.75) is 44.2 Å². The number of aliphatic hydroxyl groups excluding tert-OH is 1. The highest BCUT2D eigenvalue weighted by molar-refractivity contribution is 5.89. The lowest BCUT2D eigenvalue weighted by Crippen LogP contribution is -2.46. The van der Waals surface area contributed by atoms with Gasteiger partial charge in [-0.15, -0.1) is 0 Å². The lowest BCUT2D eigenvalue weighted by molar-refractivity contribution is 0.00791. The summed E-state index contributed by atoms with van der Waals surface area (Å²) in [4.78, 5) is 11.5. The predicted molar refractivity (Wildman–Crippen MR) is 102 cm³/mol. The molecule has 1 aliphatic heterocycles. The first-order valence-corrected chi connectivity index (χ1v) is 9.76. The van der Waals surface area contributed by atoms with Crippen LogP contribution in [0.3, 0.4) is 0 Å². The van der Waals surface area contributed by atoms with Crippen LogP contribution in [0.1, 0.15) is 31.2 Å². The van der Waals surface area contributed by atoms with Crippen molar-refractivity contribution >= 4 is 16.7 Å². The van der Waals surface area contributed by atoms with Crippen LogP contribution in [-0.2, 0) is 11.2 Å². The van der Waals surface area contributed by atoms with Gasteiger partial charge in [0.05, 0.1) is 18.7 Å². The molecular formula is C20H28N4O2. The van der Waals surface area contributed by atoms with Gasteiger partial charge in [-0.3, -0.25) is 4.90 Å². The minimum Gasteiger partial charge on any atom is -0.396 e. The van der Waals surface area contributed by atoms with Gasteiger partial charge < -0.3 is 15.2 Å². The number of anilines is 1. The van der Waals surface area contributed by atoms with E-state index >= 15 is 0 Å². The van der Waals surface area contributed by atoms with Crippen molar-refractivity contribution in [1.82, 2.24) is 14.9 Å². The third-order valence-electron chi connectivity index (χ3n) is 5.70. The Balaban J connectivity index is 1.42. The van der Waals surface area contributed by atoms with Gasteiger partial charge in [-0.2, -0.15) is 0 Å². The summed E-state index contributed by atoms with van der Waals surface area (Å²) < 4.78 is 5.47. The molecule has 2 aliphatic rings. The monoisotopic (exact) mass is 356 g/mol. The number of nitrogens with one attached hydrogen (secondary N) is 1. The molecule has 1 aromatic heterocycles. The molecule has 1 saturated heterocycles. The number of rotatable bonds is 5. The highest BCUT2D eigenvalue weighted by Crippen LogP contribution is 2.28. The molecule has 140 valence electrons. The Hall–Kier alpha value is -1.76. The highest BCUT2D eigenvalue weighted by atomic mass is 16.5. The second-order valence-corrected chi connectivity index (χ2v) is 7.35. The summed E-state index contributed by atoms with van der Waals surface area (Å²) in [7, 11) is 0. The largest absolute Gasteiger partial charge is 0.396 e. The Labute approximate surface area is 154 Å². The Morgan fingerprint density at radius 1 is 1.12 bits per heavy atom. The first kappa shape index (κ1) is 17.6.